The van der Waals surface area contributed by atoms with Crippen molar-refractivity contribution >= 4 is 27.6 Å². The lowest BCUT2D eigenvalue weighted by Crippen LogP contribution is -2.26. The number of anilines is 1. The van der Waals surface area contributed by atoms with Crippen molar-refractivity contribution < 1.29 is 27.5 Å². The summed E-state index contributed by atoms with van der Waals surface area (Å²) in [5.41, 5.74) is 1.95. The van der Waals surface area contributed by atoms with Gasteiger partial charge in [0.2, 0.25) is 0 Å². The van der Waals surface area contributed by atoms with E-state index in [-0.39, 0.29) is 16.2 Å². The molecule has 3 rings (SSSR count). The average Bonchev–Trinajstić information content (AvgIpc) is 2.79. The molecule has 0 saturated heterocycles. The number of carbonyl (C=O) groups excluding carboxylic acids is 2. The van der Waals surface area contributed by atoms with Crippen molar-refractivity contribution in [1.82, 2.24) is 0 Å². The maximum Gasteiger partial charge on any atom is 0.343 e. The zero-order chi connectivity index (χ0) is 22.6. The van der Waals surface area contributed by atoms with Gasteiger partial charge < -0.3 is 9.47 Å². The Morgan fingerprint density at radius 2 is 1.29 bits per heavy atom. The molecule has 0 atom stereocenters. The van der Waals surface area contributed by atoms with Gasteiger partial charge in [-0.1, -0.05) is 17.7 Å². The molecule has 0 bridgehead atoms. The molecule has 0 aliphatic heterocycles. The number of nitrogens with zero attached hydrogens (tertiary/aromatic N) is 1. The fourth-order valence-corrected chi connectivity index (χ4v) is 3.95. The number of carbonyl (C=O) groups is 2. The van der Waals surface area contributed by atoms with Gasteiger partial charge in [0.25, 0.3) is 10.0 Å². The minimum absolute atomic E-state index is 0.180. The third-order valence-electron chi connectivity index (χ3n) is 4.63. The van der Waals surface area contributed by atoms with Gasteiger partial charge in [-0.05, 0) is 67.6 Å². The second-order valence-electron chi connectivity index (χ2n) is 6.74. The van der Waals surface area contributed by atoms with Crippen LogP contribution in [0, 0.1) is 6.92 Å². The molecule has 8 heteroatoms. The molecule has 0 fully saturated rings. The number of aryl methyl sites for hydroxylation is 1. The second kappa shape index (κ2) is 9.01. The van der Waals surface area contributed by atoms with E-state index in [1.54, 1.807) is 24.3 Å². The van der Waals surface area contributed by atoms with Gasteiger partial charge in [0.15, 0.2) is 0 Å². The van der Waals surface area contributed by atoms with Crippen LogP contribution >= 0.6 is 0 Å². The number of sulfonamides is 1. The van der Waals surface area contributed by atoms with Crippen LogP contribution in [0.4, 0.5) is 5.69 Å². The Balaban J connectivity index is 1.72. The Morgan fingerprint density at radius 1 is 0.774 bits per heavy atom. The van der Waals surface area contributed by atoms with Crippen molar-refractivity contribution in [3.63, 3.8) is 0 Å². The van der Waals surface area contributed by atoms with Crippen molar-refractivity contribution in [3.05, 3.63) is 89.5 Å². The fraction of sp³-hybridized carbons (Fsp3) is 0.130. The summed E-state index contributed by atoms with van der Waals surface area (Å²) in [5, 5.41) is 0. The van der Waals surface area contributed by atoms with Gasteiger partial charge in [-0.15, -0.1) is 0 Å². The van der Waals surface area contributed by atoms with Crippen molar-refractivity contribution in [2.75, 3.05) is 18.5 Å². The monoisotopic (exact) mass is 439 g/mol. The molecule has 0 unspecified atom stereocenters. The molecule has 7 nitrogen and oxygen atoms in total. The maximum absolute atomic E-state index is 12.8. The topological polar surface area (TPSA) is 90.0 Å². The average molecular weight is 439 g/mol. The zero-order valence-electron chi connectivity index (χ0n) is 17.2. The summed E-state index contributed by atoms with van der Waals surface area (Å²) in [4.78, 5) is 24.0. The van der Waals surface area contributed by atoms with Gasteiger partial charge in [-0.25, -0.2) is 18.0 Å². The highest BCUT2D eigenvalue weighted by Crippen LogP contribution is 2.23. The highest BCUT2D eigenvalue weighted by atomic mass is 32.2. The molecule has 0 N–H and O–H groups in total. The van der Waals surface area contributed by atoms with Gasteiger partial charge in [-0.3, -0.25) is 4.31 Å². The summed E-state index contributed by atoms with van der Waals surface area (Å²) in [5.74, 6) is -0.833. The Hall–Kier alpha value is -3.65. The molecule has 0 heterocycles. The predicted octanol–water partition coefficient (Wildman–Crippen LogP) is 3.83. The van der Waals surface area contributed by atoms with E-state index in [0.29, 0.717) is 11.3 Å². The van der Waals surface area contributed by atoms with Gasteiger partial charge >= 0.3 is 11.9 Å². The molecular formula is C23H21NO6S. The SMILES string of the molecule is COC(=O)c1ccc(OC(=O)c2ccc(N(C)S(=O)(=O)c3ccc(C)cc3)cc2)cc1. The Morgan fingerprint density at radius 3 is 1.84 bits per heavy atom. The standard InChI is InChI=1S/C23H21NO6S/c1-16-4-14-21(15-5-16)31(27,28)24(2)19-10-6-18(7-11-19)23(26)30-20-12-8-17(9-13-20)22(25)29-3/h4-15H,1-3H3. The molecule has 31 heavy (non-hydrogen) atoms. The van der Waals surface area contributed by atoms with E-state index in [2.05, 4.69) is 4.74 Å². The maximum atomic E-state index is 12.8. The molecule has 0 aliphatic carbocycles. The van der Waals surface area contributed by atoms with Gasteiger partial charge in [0, 0.05) is 7.05 Å². The van der Waals surface area contributed by atoms with Crippen molar-refractivity contribution in [3.8, 4) is 5.75 Å². The van der Waals surface area contributed by atoms with Crippen LogP contribution in [0.25, 0.3) is 0 Å². The number of methoxy groups -OCH3 is 1. The predicted molar refractivity (Wildman–Crippen MR) is 116 cm³/mol. The molecular weight excluding hydrogens is 418 g/mol. The first-order valence-electron chi connectivity index (χ1n) is 9.28. The summed E-state index contributed by atoms with van der Waals surface area (Å²) in [6.45, 7) is 1.88. The zero-order valence-corrected chi connectivity index (χ0v) is 18.0. The highest BCUT2D eigenvalue weighted by Gasteiger charge is 2.21. The van der Waals surface area contributed by atoms with Gasteiger partial charge in [-0.2, -0.15) is 0 Å². The first kappa shape index (κ1) is 22.0. The summed E-state index contributed by atoms with van der Waals surface area (Å²) in [6.07, 6.45) is 0. The highest BCUT2D eigenvalue weighted by molar-refractivity contribution is 7.92. The largest absolute Gasteiger partial charge is 0.465 e. The van der Waals surface area contributed by atoms with Crippen LogP contribution in [0.15, 0.2) is 77.7 Å². The normalized spacial score (nSPS) is 10.9. The first-order chi connectivity index (χ1) is 14.7. The quantitative estimate of drug-likeness (QED) is 0.428. The van der Waals surface area contributed by atoms with E-state index in [1.807, 2.05) is 6.92 Å². The Kier molecular flexibility index (Phi) is 6.41. The summed E-state index contributed by atoms with van der Waals surface area (Å²) in [6, 6.07) is 18.6. The number of ether oxygens (including phenoxy) is 2. The minimum atomic E-state index is -3.72. The van der Waals surface area contributed by atoms with Crippen molar-refractivity contribution in [2.24, 2.45) is 0 Å². The molecule has 0 spiro atoms. The minimum Gasteiger partial charge on any atom is -0.465 e. The van der Waals surface area contributed by atoms with Crippen LogP contribution in [0.2, 0.25) is 0 Å². The second-order valence-corrected chi connectivity index (χ2v) is 8.71. The molecule has 0 radical (unpaired) electrons. The smallest absolute Gasteiger partial charge is 0.343 e. The van der Waals surface area contributed by atoms with Crippen molar-refractivity contribution in [1.29, 1.82) is 0 Å². The van der Waals surface area contributed by atoms with Crippen LogP contribution in [0.3, 0.4) is 0 Å². The number of hydrogen-bond donors (Lipinski definition) is 0. The molecule has 0 saturated carbocycles. The van der Waals surface area contributed by atoms with E-state index < -0.39 is 22.0 Å². The van der Waals surface area contributed by atoms with Crippen molar-refractivity contribution in [2.45, 2.75) is 11.8 Å². The lowest BCUT2D eigenvalue weighted by Gasteiger charge is -2.19. The van der Waals surface area contributed by atoms with Crippen LogP contribution in [-0.2, 0) is 14.8 Å². The van der Waals surface area contributed by atoms with Crippen LogP contribution in [0.5, 0.6) is 5.75 Å². The lowest BCUT2D eigenvalue weighted by molar-refractivity contribution is 0.0600. The van der Waals surface area contributed by atoms with Crippen LogP contribution < -0.4 is 9.04 Å². The fourth-order valence-electron chi connectivity index (χ4n) is 2.76. The summed E-state index contributed by atoms with van der Waals surface area (Å²) >= 11 is 0. The third kappa shape index (κ3) is 4.92. The van der Waals surface area contributed by atoms with Crippen LogP contribution in [0.1, 0.15) is 26.3 Å². The number of esters is 2. The Labute approximate surface area is 180 Å². The van der Waals surface area contributed by atoms with E-state index >= 15 is 0 Å². The molecule has 3 aromatic rings. The summed E-state index contributed by atoms with van der Waals surface area (Å²) < 4.78 is 36.7. The van der Waals surface area contributed by atoms with E-state index in [9.17, 15) is 18.0 Å². The van der Waals surface area contributed by atoms with Crippen LogP contribution in [-0.4, -0.2) is 34.5 Å². The third-order valence-corrected chi connectivity index (χ3v) is 6.43. The first-order valence-corrected chi connectivity index (χ1v) is 10.7. The number of hydrogen-bond acceptors (Lipinski definition) is 6. The van der Waals surface area contributed by atoms with Gasteiger partial charge in [0.1, 0.15) is 5.75 Å². The number of benzene rings is 3. The molecule has 0 aromatic heterocycles. The molecule has 160 valence electrons. The Bertz CT molecular complexity index is 1180. The molecule has 0 aliphatic rings. The summed E-state index contributed by atoms with van der Waals surface area (Å²) in [7, 11) is -0.994. The lowest BCUT2D eigenvalue weighted by atomic mass is 10.2. The van der Waals surface area contributed by atoms with Gasteiger partial charge in [0.05, 0.1) is 28.8 Å². The molecule has 0 amide bonds. The van der Waals surface area contributed by atoms with E-state index in [1.165, 1.54) is 62.7 Å². The van der Waals surface area contributed by atoms with E-state index in [4.69, 9.17) is 4.74 Å². The van der Waals surface area contributed by atoms with E-state index in [0.717, 1.165) is 9.87 Å². The number of rotatable bonds is 6. The molecule has 3 aromatic carbocycles.